The van der Waals surface area contributed by atoms with Crippen molar-refractivity contribution >= 4 is 0 Å². The van der Waals surface area contributed by atoms with Gasteiger partial charge in [-0.15, -0.1) is 0 Å². The minimum absolute atomic E-state index is 0.761. The van der Waals surface area contributed by atoms with Crippen LogP contribution in [0.4, 0.5) is 0 Å². The first-order valence-electron chi connectivity index (χ1n) is 12.8. The average molecular weight is 425 g/mol. The van der Waals surface area contributed by atoms with Crippen LogP contribution in [0.1, 0.15) is 74.8 Å². The summed E-state index contributed by atoms with van der Waals surface area (Å²) in [6, 6.07) is 22.8. The lowest BCUT2D eigenvalue weighted by atomic mass is 9.76. The number of aryl methyl sites for hydroxylation is 2. The highest BCUT2D eigenvalue weighted by molar-refractivity contribution is 5.66. The van der Waals surface area contributed by atoms with Gasteiger partial charge in [-0.3, -0.25) is 0 Å². The van der Waals surface area contributed by atoms with E-state index in [1.807, 2.05) is 0 Å². The molecule has 0 aliphatic heterocycles. The summed E-state index contributed by atoms with van der Waals surface area (Å²) in [7, 11) is 2.16. The van der Waals surface area contributed by atoms with E-state index in [1.165, 1.54) is 85.7 Å². The molecule has 0 radical (unpaired) electrons. The molecule has 32 heavy (non-hydrogen) atoms. The van der Waals surface area contributed by atoms with Crippen molar-refractivity contribution in [2.75, 3.05) is 0 Å². The predicted molar refractivity (Wildman–Crippen MR) is 135 cm³/mol. The second-order valence-corrected chi connectivity index (χ2v) is 10.5. The van der Waals surface area contributed by atoms with Crippen LogP contribution in [0.5, 0.6) is 0 Å². The maximum absolute atomic E-state index is 2.43. The van der Waals surface area contributed by atoms with Crippen LogP contribution in [0, 0.1) is 18.8 Å². The zero-order valence-electron chi connectivity index (χ0n) is 19.9. The first kappa shape index (κ1) is 21.4. The third-order valence-corrected chi connectivity index (χ3v) is 8.21. The topological polar surface area (TPSA) is 3.88 Å². The summed E-state index contributed by atoms with van der Waals surface area (Å²) in [6.45, 7) is 2.19. The van der Waals surface area contributed by atoms with Crippen molar-refractivity contribution < 1.29 is 4.57 Å². The number of rotatable bonds is 3. The summed E-state index contributed by atoms with van der Waals surface area (Å²) >= 11 is 0. The van der Waals surface area contributed by atoms with Crippen LogP contribution < -0.4 is 4.57 Å². The summed E-state index contributed by atoms with van der Waals surface area (Å²) in [5.74, 6) is 2.66. The quantitative estimate of drug-likeness (QED) is 0.375. The van der Waals surface area contributed by atoms with Crippen molar-refractivity contribution in [3.8, 4) is 22.4 Å². The predicted octanol–water partition coefficient (Wildman–Crippen LogP) is 8.01. The van der Waals surface area contributed by atoms with E-state index in [1.54, 1.807) is 5.56 Å². The van der Waals surface area contributed by atoms with Crippen LogP contribution in [-0.4, -0.2) is 0 Å². The van der Waals surface area contributed by atoms with Crippen molar-refractivity contribution in [3.63, 3.8) is 0 Å². The molecule has 1 aromatic heterocycles. The van der Waals surface area contributed by atoms with E-state index in [4.69, 9.17) is 0 Å². The summed E-state index contributed by atoms with van der Waals surface area (Å²) < 4.78 is 2.27. The van der Waals surface area contributed by atoms with Crippen LogP contribution in [0.3, 0.4) is 0 Å². The van der Waals surface area contributed by atoms with Gasteiger partial charge in [0.15, 0.2) is 6.20 Å². The van der Waals surface area contributed by atoms with Crippen molar-refractivity contribution in [2.24, 2.45) is 18.9 Å². The van der Waals surface area contributed by atoms with Crippen LogP contribution in [-0.2, 0) is 7.05 Å². The van der Waals surface area contributed by atoms with Gasteiger partial charge in [0.1, 0.15) is 7.05 Å². The molecule has 0 saturated heterocycles. The second-order valence-electron chi connectivity index (χ2n) is 10.5. The number of hydrogen-bond acceptors (Lipinski definition) is 0. The molecule has 2 atom stereocenters. The SMILES string of the molecule is Cc1ccccc1-c1ccc(-c2ccc(C3CC4CCCCC(CCC4)C3)cc2)c[n+]1C. The van der Waals surface area contributed by atoms with Crippen molar-refractivity contribution in [1.29, 1.82) is 0 Å². The fraction of sp³-hybridized carbons (Fsp3) is 0.452. The highest BCUT2D eigenvalue weighted by Crippen LogP contribution is 2.41. The van der Waals surface area contributed by atoms with Gasteiger partial charge in [0.2, 0.25) is 5.69 Å². The molecule has 3 fully saturated rings. The summed E-state index contributed by atoms with van der Waals surface area (Å²) in [5, 5.41) is 0. The van der Waals surface area contributed by atoms with Gasteiger partial charge in [-0.05, 0) is 66.3 Å². The standard InChI is InChI=1S/C31H38N/c1-23-8-3-6-13-30(23)31-19-18-28(22-32(31)2)26-14-16-27(17-15-26)29-20-24-9-4-5-10-25(21-29)12-7-11-24/h3,6,8,13-19,22,24-25,29H,4-5,7,9-12,20-21H2,1-2H3/q+1. The Labute approximate surface area is 194 Å². The van der Waals surface area contributed by atoms with E-state index < -0.39 is 0 Å². The molecule has 2 unspecified atom stereocenters. The molecule has 6 rings (SSSR count). The normalized spacial score (nSPS) is 23.8. The lowest BCUT2D eigenvalue weighted by molar-refractivity contribution is -0.659. The average Bonchev–Trinajstić information content (AvgIpc) is 2.97. The Morgan fingerprint density at radius 2 is 1.31 bits per heavy atom. The smallest absolute Gasteiger partial charge is 0.200 e. The molecular weight excluding hydrogens is 386 g/mol. The van der Waals surface area contributed by atoms with Crippen molar-refractivity contribution in [2.45, 2.75) is 70.6 Å². The maximum atomic E-state index is 2.43. The second kappa shape index (κ2) is 9.61. The van der Waals surface area contributed by atoms with Crippen molar-refractivity contribution in [1.82, 2.24) is 0 Å². The van der Waals surface area contributed by atoms with Crippen LogP contribution >= 0.6 is 0 Å². The van der Waals surface area contributed by atoms with E-state index in [0.717, 1.165) is 17.8 Å². The van der Waals surface area contributed by atoms with E-state index >= 15 is 0 Å². The van der Waals surface area contributed by atoms with Gasteiger partial charge in [-0.1, -0.05) is 87.4 Å². The Morgan fingerprint density at radius 3 is 1.97 bits per heavy atom. The third-order valence-electron chi connectivity index (χ3n) is 8.21. The molecule has 1 nitrogen and oxygen atoms in total. The van der Waals surface area contributed by atoms with E-state index in [9.17, 15) is 0 Å². The number of pyridine rings is 1. The fourth-order valence-corrected chi connectivity index (χ4v) is 6.36. The Hall–Kier alpha value is -2.41. The molecule has 2 bridgehead atoms. The summed E-state index contributed by atoms with van der Waals surface area (Å²) in [6.07, 6.45) is 15.4. The van der Waals surface area contributed by atoms with Gasteiger partial charge in [0.05, 0.1) is 0 Å². The summed E-state index contributed by atoms with van der Waals surface area (Å²) in [4.78, 5) is 0. The minimum Gasteiger partial charge on any atom is -0.200 e. The fourth-order valence-electron chi connectivity index (χ4n) is 6.36. The van der Waals surface area contributed by atoms with Gasteiger partial charge >= 0.3 is 0 Å². The van der Waals surface area contributed by atoms with E-state index in [2.05, 4.69) is 85.4 Å². The maximum Gasteiger partial charge on any atom is 0.212 e. The Kier molecular flexibility index (Phi) is 6.44. The molecular formula is C31H38N+. The van der Waals surface area contributed by atoms with E-state index in [-0.39, 0.29) is 0 Å². The summed E-state index contributed by atoms with van der Waals surface area (Å²) in [5.41, 5.74) is 8.09. The highest BCUT2D eigenvalue weighted by atomic mass is 14.9. The molecule has 3 saturated carbocycles. The van der Waals surface area contributed by atoms with Crippen molar-refractivity contribution in [3.05, 3.63) is 78.0 Å². The molecule has 0 N–H and O–H groups in total. The molecule has 1 heterocycles. The number of nitrogens with zero attached hydrogens (tertiary/aromatic N) is 1. The number of hydrogen-bond donors (Lipinski definition) is 0. The van der Waals surface area contributed by atoms with Crippen LogP contribution in [0.15, 0.2) is 66.9 Å². The molecule has 3 aliphatic carbocycles. The lowest BCUT2D eigenvalue weighted by Crippen LogP contribution is -2.30. The van der Waals surface area contributed by atoms with Crippen LogP contribution in [0.2, 0.25) is 0 Å². The first-order chi connectivity index (χ1) is 15.7. The van der Waals surface area contributed by atoms with Gasteiger partial charge < -0.3 is 0 Å². The molecule has 0 amide bonds. The molecule has 1 heteroatoms. The molecule has 0 spiro atoms. The largest absolute Gasteiger partial charge is 0.212 e. The Morgan fingerprint density at radius 1 is 0.688 bits per heavy atom. The molecule has 2 aromatic carbocycles. The Bertz CT molecular complexity index is 1030. The number of aromatic nitrogens is 1. The zero-order valence-corrected chi connectivity index (χ0v) is 19.9. The number of fused-ring (bicyclic) bond motifs is 7. The molecule has 166 valence electrons. The first-order valence-corrected chi connectivity index (χ1v) is 12.8. The minimum atomic E-state index is 0.761. The lowest BCUT2D eigenvalue weighted by Gasteiger charge is -2.29. The monoisotopic (exact) mass is 424 g/mol. The van der Waals surface area contributed by atoms with E-state index in [0.29, 0.717) is 0 Å². The zero-order chi connectivity index (χ0) is 21.9. The van der Waals surface area contributed by atoms with Gasteiger partial charge in [0.25, 0.3) is 0 Å². The highest BCUT2D eigenvalue weighted by Gasteiger charge is 2.26. The molecule has 3 aliphatic rings. The van der Waals surface area contributed by atoms with Gasteiger partial charge in [-0.2, -0.15) is 0 Å². The third kappa shape index (κ3) is 4.68. The Balaban J connectivity index is 1.37. The van der Waals surface area contributed by atoms with Gasteiger partial charge in [0, 0.05) is 17.2 Å². The van der Waals surface area contributed by atoms with Crippen LogP contribution in [0.25, 0.3) is 22.4 Å². The molecule has 3 aromatic rings. The number of benzene rings is 2. The van der Waals surface area contributed by atoms with Gasteiger partial charge in [-0.25, -0.2) is 4.57 Å².